The molecule has 0 spiro atoms. The van der Waals surface area contributed by atoms with Crippen molar-refractivity contribution in [1.29, 1.82) is 0 Å². The van der Waals surface area contributed by atoms with E-state index < -0.39 is 8.07 Å². The van der Waals surface area contributed by atoms with E-state index in [0.717, 1.165) is 11.1 Å². The van der Waals surface area contributed by atoms with E-state index in [0.29, 0.717) is 12.2 Å². The molecule has 0 aliphatic carbocycles. The number of aromatic nitrogens is 1. The first-order chi connectivity index (χ1) is 9.74. The van der Waals surface area contributed by atoms with Crippen molar-refractivity contribution in [2.45, 2.75) is 32.4 Å². The van der Waals surface area contributed by atoms with Crippen molar-refractivity contribution >= 4 is 14.0 Å². The predicted molar refractivity (Wildman–Crippen MR) is 83.9 cm³/mol. The molecule has 0 fully saturated rings. The number of carbonyl (C=O) groups excluding carboxylic acids is 1. The number of rotatable bonds is 7. The second-order valence-corrected chi connectivity index (χ2v) is 11.7. The maximum atomic E-state index is 11.9. The van der Waals surface area contributed by atoms with Crippen molar-refractivity contribution in [3.8, 4) is 0 Å². The van der Waals surface area contributed by atoms with Gasteiger partial charge in [0.05, 0.1) is 7.11 Å². The number of hydrogen-bond donors (Lipinski definition) is 0. The highest BCUT2D eigenvalue weighted by atomic mass is 28.3. The van der Waals surface area contributed by atoms with E-state index in [4.69, 9.17) is 9.57 Å². The molecule has 6 nitrogen and oxygen atoms in total. The van der Waals surface area contributed by atoms with Crippen LogP contribution in [0.15, 0.2) is 23.1 Å². The molecule has 0 aliphatic heterocycles. The Balaban J connectivity index is 2.63. The van der Waals surface area contributed by atoms with E-state index in [2.05, 4.69) is 19.6 Å². The lowest BCUT2D eigenvalue weighted by molar-refractivity contribution is -0.0757. The van der Waals surface area contributed by atoms with Gasteiger partial charge in [-0.3, -0.25) is 19.0 Å². The van der Waals surface area contributed by atoms with Gasteiger partial charge < -0.3 is 4.74 Å². The lowest BCUT2D eigenvalue weighted by atomic mass is 10.2. The number of nitrogens with zero attached hydrogens (tertiary/aromatic N) is 2. The van der Waals surface area contributed by atoms with E-state index >= 15 is 0 Å². The molecular weight excluding hydrogens is 288 g/mol. The Hall–Kier alpha value is -1.44. The summed E-state index contributed by atoms with van der Waals surface area (Å²) >= 11 is 0. The highest BCUT2D eigenvalue weighted by Crippen LogP contribution is 2.07. The fourth-order valence-electron chi connectivity index (χ4n) is 1.55. The van der Waals surface area contributed by atoms with E-state index in [1.807, 2.05) is 0 Å². The number of ether oxygens (including phenoxy) is 1. The first-order valence-electron chi connectivity index (χ1n) is 6.85. The Labute approximate surface area is 126 Å². The molecule has 1 aromatic rings. The molecule has 0 radical (unpaired) electrons. The maximum absolute atomic E-state index is 11.9. The molecule has 1 rings (SSSR count). The SMILES string of the molecule is CON(C)C(=O)c1ccn(COCC[Si](C)(C)C)c(=O)c1. The van der Waals surface area contributed by atoms with Crippen molar-refractivity contribution in [3.63, 3.8) is 0 Å². The summed E-state index contributed by atoms with van der Waals surface area (Å²) in [6.07, 6.45) is 1.56. The van der Waals surface area contributed by atoms with Gasteiger partial charge in [-0.2, -0.15) is 0 Å². The Morgan fingerprint density at radius 3 is 2.57 bits per heavy atom. The molecule has 1 aromatic heterocycles. The molecule has 0 atom stereocenters. The van der Waals surface area contributed by atoms with Gasteiger partial charge in [0.1, 0.15) is 6.73 Å². The van der Waals surface area contributed by atoms with Gasteiger partial charge in [-0.25, -0.2) is 5.06 Å². The van der Waals surface area contributed by atoms with Crippen molar-refractivity contribution in [1.82, 2.24) is 9.63 Å². The monoisotopic (exact) mass is 312 g/mol. The van der Waals surface area contributed by atoms with Crippen LogP contribution in [0.1, 0.15) is 10.4 Å². The lowest BCUT2D eigenvalue weighted by Gasteiger charge is -2.16. The third kappa shape index (κ3) is 5.82. The van der Waals surface area contributed by atoms with Crippen molar-refractivity contribution < 1.29 is 14.4 Å². The van der Waals surface area contributed by atoms with Gasteiger partial charge in [-0.15, -0.1) is 0 Å². The Kier molecular flexibility index (Phi) is 6.32. The third-order valence-corrected chi connectivity index (χ3v) is 4.73. The fourth-order valence-corrected chi connectivity index (χ4v) is 2.31. The predicted octanol–water partition coefficient (Wildman–Crippen LogP) is 1.79. The summed E-state index contributed by atoms with van der Waals surface area (Å²) < 4.78 is 6.96. The van der Waals surface area contributed by atoms with E-state index in [1.165, 1.54) is 24.8 Å². The average Bonchev–Trinajstić information content (AvgIpc) is 2.42. The van der Waals surface area contributed by atoms with Gasteiger partial charge in [0.15, 0.2) is 0 Å². The smallest absolute Gasteiger partial charge is 0.277 e. The van der Waals surface area contributed by atoms with Gasteiger partial charge in [-0.1, -0.05) is 19.6 Å². The normalized spacial score (nSPS) is 11.5. The zero-order valence-corrected chi connectivity index (χ0v) is 14.4. The molecule has 1 amide bonds. The summed E-state index contributed by atoms with van der Waals surface area (Å²) in [7, 11) is 1.76. The maximum Gasteiger partial charge on any atom is 0.277 e. The molecule has 0 N–H and O–H groups in total. The molecule has 0 saturated carbocycles. The minimum Gasteiger partial charge on any atom is -0.361 e. The topological polar surface area (TPSA) is 60.8 Å². The third-order valence-electron chi connectivity index (χ3n) is 3.03. The second-order valence-electron chi connectivity index (χ2n) is 6.06. The molecule has 21 heavy (non-hydrogen) atoms. The van der Waals surface area contributed by atoms with Crippen LogP contribution in [0, 0.1) is 0 Å². The summed E-state index contributed by atoms with van der Waals surface area (Å²) in [4.78, 5) is 28.6. The van der Waals surface area contributed by atoms with Gasteiger partial charge in [-0.05, 0) is 12.1 Å². The number of hydrogen-bond acceptors (Lipinski definition) is 4. The standard InChI is InChI=1S/C14H24N2O4Si/c1-15(19-2)14(18)12-6-7-16(13(17)10-12)11-20-8-9-21(3,4)5/h6-7,10H,8-9,11H2,1-5H3. The van der Waals surface area contributed by atoms with Crippen molar-refractivity contribution in [3.05, 3.63) is 34.2 Å². The molecule has 0 unspecified atom stereocenters. The Morgan fingerprint density at radius 2 is 2.05 bits per heavy atom. The summed E-state index contributed by atoms with van der Waals surface area (Å²) in [5.41, 5.74) is 0.0288. The van der Waals surface area contributed by atoms with Crippen molar-refractivity contribution in [2.75, 3.05) is 20.8 Å². The second kappa shape index (κ2) is 7.53. The molecule has 118 valence electrons. The van der Waals surface area contributed by atoms with Crippen LogP contribution in [-0.4, -0.2) is 44.4 Å². The average molecular weight is 312 g/mol. The van der Waals surface area contributed by atoms with Crippen LogP contribution in [0.5, 0.6) is 0 Å². The first kappa shape index (κ1) is 17.6. The zero-order chi connectivity index (χ0) is 16.0. The zero-order valence-electron chi connectivity index (χ0n) is 13.4. The molecule has 0 bridgehead atoms. The quantitative estimate of drug-likeness (QED) is 0.437. The van der Waals surface area contributed by atoms with Crippen LogP contribution < -0.4 is 5.56 Å². The van der Waals surface area contributed by atoms with E-state index in [-0.39, 0.29) is 18.2 Å². The van der Waals surface area contributed by atoms with Crippen molar-refractivity contribution in [2.24, 2.45) is 0 Å². The number of hydroxylamine groups is 2. The van der Waals surface area contributed by atoms with Crippen LogP contribution in [0.2, 0.25) is 25.7 Å². The summed E-state index contributed by atoms with van der Waals surface area (Å²) in [6.45, 7) is 7.67. The number of amides is 1. The van der Waals surface area contributed by atoms with Gasteiger partial charge >= 0.3 is 0 Å². The van der Waals surface area contributed by atoms with E-state index in [1.54, 1.807) is 12.3 Å². The fraction of sp³-hybridized carbons (Fsp3) is 0.571. The first-order valence-corrected chi connectivity index (χ1v) is 10.6. The summed E-state index contributed by atoms with van der Waals surface area (Å²) in [5.74, 6) is -0.360. The lowest BCUT2D eigenvalue weighted by Crippen LogP contribution is -2.28. The minimum atomic E-state index is -1.13. The van der Waals surface area contributed by atoms with Gasteiger partial charge in [0.25, 0.3) is 11.5 Å². The largest absolute Gasteiger partial charge is 0.361 e. The molecule has 0 saturated heterocycles. The van der Waals surface area contributed by atoms with Gasteiger partial charge in [0.2, 0.25) is 0 Å². The van der Waals surface area contributed by atoms with Crippen LogP contribution >= 0.6 is 0 Å². The van der Waals surface area contributed by atoms with Crippen LogP contribution in [0.4, 0.5) is 0 Å². The molecule has 1 heterocycles. The molecule has 0 aliphatic rings. The molecule has 0 aromatic carbocycles. The van der Waals surface area contributed by atoms with Crippen LogP contribution in [-0.2, 0) is 16.3 Å². The Bertz CT molecular complexity index is 537. The highest BCUT2D eigenvalue weighted by Gasteiger charge is 2.13. The number of pyridine rings is 1. The Morgan fingerprint density at radius 1 is 1.38 bits per heavy atom. The van der Waals surface area contributed by atoms with Gasteiger partial charge in [0, 0.05) is 39.6 Å². The summed E-state index contributed by atoms with van der Waals surface area (Å²) in [5, 5.41) is 1.07. The van der Waals surface area contributed by atoms with E-state index in [9.17, 15) is 9.59 Å². The summed E-state index contributed by atoms with van der Waals surface area (Å²) in [6, 6.07) is 3.93. The number of carbonyl (C=O) groups is 1. The highest BCUT2D eigenvalue weighted by molar-refractivity contribution is 6.76. The minimum absolute atomic E-state index is 0.206. The molecular formula is C14H24N2O4Si. The van der Waals surface area contributed by atoms with Crippen LogP contribution in [0.3, 0.4) is 0 Å². The van der Waals surface area contributed by atoms with Crippen LogP contribution in [0.25, 0.3) is 0 Å². The molecule has 7 heteroatoms.